The third kappa shape index (κ3) is 3.82. The molecule has 1 heterocycles. The molecule has 0 radical (unpaired) electrons. The maximum Gasteiger partial charge on any atom is 0.387 e. The number of carboxylic acid groups (broad SMARTS) is 1. The standard InChI is InChI=1S/C24H28F2N2O5S/c1-15-12-19(8-9-21(15)33-23(25)26)27-13-16(2)28(17(3)14-27)34(31,32)24(22(29)30)11-10-18-6-4-5-7-20(18)24/h4-9,12,16-17,23H,10-11,13-14H2,1-3H3,(H,29,30). The first-order valence-corrected chi connectivity index (χ1v) is 12.6. The van der Waals surface area contributed by atoms with Crippen LogP contribution < -0.4 is 9.64 Å². The highest BCUT2D eigenvalue weighted by Crippen LogP contribution is 2.46. The number of sulfonamides is 1. The maximum absolute atomic E-state index is 14.0. The number of rotatable bonds is 6. The van der Waals surface area contributed by atoms with Crippen molar-refractivity contribution in [3.63, 3.8) is 0 Å². The second-order valence-electron chi connectivity index (χ2n) is 9.06. The molecule has 2 aromatic carbocycles. The first kappa shape index (κ1) is 24.4. The lowest BCUT2D eigenvalue weighted by Gasteiger charge is -2.47. The van der Waals surface area contributed by atoms with Crippen LogP contribution in [0.25, 0.3) is 0 Å². The van der Waals surface area contributed by atoms with E-state index in [-0.39, 0.29) is 12.2 Å². The molecule has 1 N–H and O–H groups in total. The van der Waals surface area contributed by atoms with Crippen LogP contribution in [-0.4, -0.2) is 55.6 Å². The second-order valence-corrected chi connectivity index (χ2v) is 11.1. The average molecular weight is 495 g/mol. The van der Waals surface area contributed by atoms with Crippen LogP contribution in [-0.2, 0) is 26.0 Å². The largest absolute Gasteiger partial charge is 0.480 e. The number of ether oxygens (including phenoxy) is 1. The van der Waals surface area contributed by atoms with E-state index in [1.54, 1.807) is 57.2 Å². The Bertz CT molecular complexity index is 1190. The summed E-state index contributed by atoms with van der Waals surface area (Å²) in [4.78, 5) is 14.5. The first-order valence-electron chi connectivity index (χ1n) is 11.1. The normalized spacial score (nSPS) is 25.4. The van der Waals surface area contributed by atoms with Crippen molar-refractivity contribution in [3.8, 4) is 5.75 Å². The Morgan fingerprint density at radius 3 is 2.38 bits per heavy atom. The molecule has 2 aliphatic rings. The van der Waals surface area contributed by atoms with E-state index < -0.39 is 39.4 Å². The monoisotopic (exact) mass is 494 g/mol. The molecule has 0 spiro atoms. The maximum atomic E-state index is 14.0. The summed E-state index contributed by atoms with van der Waals surface area (Å²) in [6, 6.07) is 10.7. The summed E-state index contributed by atoms with van der Waals surface area (Å²) < 4.78 is 57.1. The van der Waals surface area contributed by atoms with Gasteiger partial charge in [0.25, 0.3) is 0 Å². The number of hydrogen-bond acceptors (Lipinski definition) is 5. The number of anilines is 1. The Kier molecular flexibility index (Phi) is 6.32. The van der Waals surface area contributed by atoms with Crippen molar-refractivity contribution < 1.29 is 31.8 Å². The quantitative estimate of drug-likeness (QED) is 0.658. The molecule has 0 aromatic heterocycles. The molecule has 7 nitrogen and oxygen atoms in total. The van der Waals surface area contributed by atoms with Crippen LogP contribution in [0.15, 0.2) is 42.5 Å². The third-order valence-corrected chi connectivity index (χ3v) is 9.59. The van der Waals surface area contributed by atoms with E-state index in [1.807, 2.05) is 4.90 Å². The van der Waals surface area contributed by atoms with Gasteiger partial charge in [-0.1, -0.05) is 24.3 Å². The Balaban J connectivity index is 1.64. The molecule has 1 fully saturated rings. The van der Waals surface area contributed by atoms with E-state index in [2.05, 4.69) is 4.74 Å². The first-order chi connectivity index (χ1) is 16.0. The molecule has 0 saturated carbocycles. The fourth-order valence-corrected chi connectivity index (χ4v) is 7.91. The van der Waals surface area contributed by atoms with Crippen molar-refractivity contribution in [1.82, 2.24) is 4.31 Å². The zero-order chi connectivity index (χ0) is 24.8. The Morgan fingerprint density at radius 1 is 1.15 bits per heavy atom. The summed E-state index contributed by atoms with van der Waals surface area (Å²) in [6.45, 7) is 2.93. The molecule has 34 heavy (non-hydrogen) atoms. The van der Waals surface area contributed by atoms with Crippen LogP contribution >= 0.6 is 0 Å². The van der Waals surface area contributed by atoms with Gasteiger partial charge in [0.05, 0.1) is 0 Å². The van der Waals surface area contributed by atoms with E-state index in [0.29, 0.717) is 30.6 Å². The molecule has 1 aliphatic carbocycles. The highest BCUT2D eigenvalue weighted by atomic mass is 32.2. The number of hydrogen-bond donors (Lipinski definition) is 1. The molecule has 3 unspecified atom stereocenters. The van der Waals surface area contributed by atoms with E-state index in [4.69, 9.17) is 0 Å². The number of alkyl halides is 2. The molecular weight excluding hydrogens is 466 g/mol. The van der Waals surface area contributed by atoms with Crippen LogP contribution in [0, 0.1) is 6.92 Å². The minimum Gasteiger partial charge on any atom is -0.480 e. The number of aryl methyl sites for hydroxylation is 2. The topological polar surface area (TPSA) is 87.2 Å². The number of carbonyl (C=O) groups is 1. The second kappa shape index (κ2) is 8.81. The molecular formula is C24H28F2N2O5S. The number of aliphatic carboxylic acids is 1. The molecule has 4 rings (SSSR count). The zero-order valence-corrected chi connectivity index (χ0v) is 20.1. The van der Waals surface area contributed by atoms with Crippen molar-refractivity contribution in [1.29, 1.82) is 0 Å². The molecule has 3 atom stereocenters. The number of fused-ring (bicyclic) bond motifs is 1. The van der Waals surface area contributed by atoms with Gasteiger partial charge in [0.2, 0.25) is 14.8 Å². The van der Waals surface area contributed by atoms with Crippen molar-refractivity contribution in [2.45, 2.75) is 57.1 Å². The molecule has 10 heteroatoms. The lowest BCUT2D eigenvalue weighted by Crippen LogP contribution is -2.63. The van der Waals surface area contributed by atoms with Gasteiger partial charge in [-0.25, -0.2) is 8.42 Å². The Morgan fingerprint density at radius 2 is 1.79 bits per heavy atom. The van der Waals surface area contributed by atoms with Gasteiger partial charge in [-0.3, -0.25) is 4.79 Å². The molecule has 1 aliphatic heterocycles. The number of nitrogens with zero attached hydrogens (tertiary/aromatic N) is 2. The van der Waals surface area contributed by atoms with Gasteiger partial charge in [-0.05, 0) is 68.5 Å². The van der Waals surface area contributed by atoms with Gasteiger partial charge in [0.1, 0.15) is 5.75 Å². The summed E-state index contributed by atoms with van der Waals surface area (Å²) in [5.74, 6) is -1.27. The molecule has 184 valence electrons. The molecule has 1 saturated heterocycles. The molecule has 0 bridgehead atoms. The Labute approximate surface area is 198 Å². The predicted octanol–water partition coefficient (Wildman–Crippen LogP) is 3.75. The lowest BCUT2D eigenvalue weighted by atomic mass is 10.0. The summed E-state index contributed by atoms with van der Waals surface area (Å²) in [7, 11) is -4.26. The number of carboxylic acids is 1. The van der Waals surface area contributed by atoms with Crippen molar-refractivity contribution in [2.24, 2.45) is 0 Å². The van der Waals surface area contributed by atoms with Crippen LogP contribution in [0.1, 0.15) is 37.0 Å². The van der Waals surface area contributed by atoms with Crippen molar-refractivity contribution >= 4 is 21.7 Å². The van der Waals surface area contributed by atoms with Crippen molar-refractivity contribution in [2.75, 3.05) is 18.0 Å². The highest BCUT2D eigenvalue weighted by Gasteiger charge is 2.60. The van der Waals surface area contributed by atoms with E-state index >= 15 is 0 Å². The summed E-state index contributed by atoms with van der Waals surface area (Å²) >= 11 is 0. The smallest absolute Gasteiger partial charge is 0.387 e. The summed E-state index contributed by atoms with van der Waals surface area (Å²) in [5.41, 5.74) is 2.39. The number of halogens is 2. The number of piperazine rings is 1. The minimum absolute atomic E-state index is 0.00549. The minimum atomic E-state index is -4.26. The fraction of sp³-hybridized carbons (Fsp3) is 0.458. The third-order valence-electron chi connectivity index (χ3n) is 6.84. The zero-order valence-electron chi connectivity index (χ0n) is 19.2. The highest BCUT2D eigenvalue weighted by molar-refractivity contribution is 7.91. The molecule has 2 aromatic rings. The van der Waals surface area contributed by atoms with Gasteiger partial charge in [0.15, 0.2) is 0 Å². The van der Waals surface area contributed by atoms with Crippen molar-refractivity contribution in [3.05, 3.63) is 59.2 Å². The fourth-order valence-electron chi connectivity index (χ4n) is 5.41. The predicted molar refractivity (Wildman–Crippen MR) is 124 cm³/mol. The summed E-state index contributed by atoms with van der Waals surface area (Å²) in [6.07, 6.45) is 0.380. The Hall–Kier alpha value is -2.72. The van der Waals surface area contributed by atoms with Gasteiger partial charge < -0.3 is 14.7 Å². The van der Waals surface area contributed by atoms with Crippen LogP contribution in [0.3, 0.4) is 0 Å². The van der Waals surface area contributed by atoms with Crippen LogP contribution in [0.4, 0.5) is 14.5 Å². The van der Waals surface area contributed by atoms with Gasteiger partial charge in [-0.15, -0.1) is 0 Å². The van der Waals surface area contributed by atoms with E-state index in [1.165, 1.54) is 10.4 Å². The van der Waals surface area contributed by atoms with Gasteiger partial charge in [0, 0.05) is 30.9 Å². The van der Waals surface area contributed by atoms with Crippen LogP contribution in [0.2, 0.25) is 0 Å². The number of benzene rings is 2. The lowest BCUT2D eigenvalue weighted by molar-refractivity contribution is -0.140. The SMILES string of the molecule is Cc1cc(N2CC(C)N(S(=O)(=O)C3(C(=O)O)CCc4ccccc43)C(C)C2)ccc1OC(F)F. The van der Waals surface area contributed by atoms with E-state index in [9.17, 15) is 27.1 Å². The average Bonchev–Trinajstić information content (AvgIpc) is 3.15. The van der Waals surface area contributed by atoms with Gasteiger partial charge >= 0.3 is 12.6 Å². The summed E-state index contributed by atoms with van der Waals surface area (Å²) in [5, 5.41) is 10.2. The van der Waals surface area contributed by atoms with E-state index in [0.717, 1.165) is 11.3 Å². The van der Waals surface area contributed by atoms with Gasteiger partial charge in [-0.2, -0.15) is 13.1 Å². The molecule has 0 amide bonds. The van der Waals surface area contributed by atoms with Crippen LogP contribution in [0.5, 0.6) is 5.75 Å².